The average molecular weight is 318 g/mol. The highest BCUT2D eigenvalue weighted by Gasteiger charge is 2.36. The second-order valence-electron chi connectivity index (χ2n) is 5.61. The lowest BCUT2D eigenvalue weighted by molar-refractivity contribution is -0.385. The Labute approximate surface area is 133 Å². The third kappa shape index (κ3) is 3.56. The predicted molar refractivity (Wildman–Crippen MR) is 82.5 cm³/mol. The van der Waals surface area contributed by atoms with Crippen LogP contribution in [-0.4, -0.2) is 22.9 Å². The van der Waals surface area contributed by atoms with Gasteiger partial charge in [0.2, 0.25) is 5.91 Å². The maximum atomic E-state index is 12.4. The number of nitrogens with zero attached hydrogens (tertiary/aromatic N) is 1. The normalized spacial score (nSPS) is 17.9. The molecule has 0 aromatic heterocycles. The smallest absolute Gasteiger partial charge is 0.336 e. The van der Waals surface area contributed by atoms with Crippen LogP contribution in [0.2, 0.25) is 0 Å². The molecule has 1 unspecified atom stereocenters. The van der Waals surface area contributed by atoms with E-state index in [-0.39, 0.29) is 29.7 Å². The molecule has 0 saturated carbocycles. The number of carbonyl (C=O) groups is 2. The summed E-state index contributed by atoms with van der Waals surface area (Å²) in [5, 5.41) is 13.9. The number of hydrogen-bond donors (Lipinski definition) is 1. The van der Waals surface area contributed by atoms with Gasteiger partial charge in [0.15, 0.2) is 0 Å². The highest BCUT2D eigenvalue weighted by atomic mass is 16.6. The zero-order valence-electron chi connectivity index (χ0n) is 13.2. The van der Waals surface area contributed by atoms with E-state index in [2.05, 4.69) is 5.32 Å². The van der Waals surface area contributed by atoms with Gasteiger partial charge in [-0.15, -0.1) is 0 Å². The Kier molecular flexibility index (Phi) is 4.78. The van der Waals surface area contributed by atoms with E-state index in [0.717, 1.165) is 0 Å². The van der Waals surface area contributed by atoms with Gasteiger partial charge in [-0.3, -0.25) is 14.9 Å². The molecule has 1 atom stereocenters. The fourth-order valence-corrected chi connectivity index (χ4v) is 2.66. The molecule has 1 heterocycles. The minimum absolute atomic E-state index is 0.0370. The van der Waals surface area contributed by atoms with Crippen LogP contribution in [0.4, 0.5) is 5.69 Å². The molecular weight excluding hydrogens is 300 g/mol. The Hall–Kier alpha value is -2.70. The summed E-state index contributed by atoms with van der Waals surface area (Å²) in [6, 6.07) is 6.13. The van der Waals surface area contributed by atoms with Crippen molar-refractivity contribution in [3.8, 4) is 0 Å². The lowest BCUT2D eigenvalue weighted by Gasteiger charge is -2.26. The van der Waals surface area contributed by atoms with Crippen LogP contribution in [0.25, 0.3) is 0 Å². The average Bonchev–Trinajstić information content (AvgIpc) is 2.45. The summed E-state index contributed by atoms with van der Waals surface area (Å²) in [4.78, 5) is 35.0. The molecule has 1 aromatic rings. The van der Waals surface area contributed by atoms with Crippen molar-refractivity contribution >= 4 is 17.6 Å². The van der Waals surface area contributed by atoms with Gasteiger partial charge < -0.3 is 10.1 Å². The van der Waals surface area contributed by atoms with Gasteiger partial charge >= 0.3 is 5.97 Å². The maximum Gasteiger partial charge on any atom is 0.336 e. The molecule has 0 bridgehead atoms. The van der Waals surface area contributed by atoms with Crippen molar-refractivity contribution in [2.45, 2.75) is 39.2 Å². The highest BCUT2D eigenvalue weighted by molar-refractivity contribution is 5.96. The maximum absolute atomic E-state index is 12.4. The van der Waals surface area contributed by atoms with Crippen LogP contribution in [-0.2, 0) is 14.3 Å². The van der Waals surface area contributed by atoms with Gasteiger partial charge in [0.1, 0.15) is 0 Å². The van der Waals surface area contributed by atoms with E-state index in [1.165, 1.54) is 6.07 Å². The van der Waals surface area contributed by atoms with Gasteiger partial charge in [-0.1, -0.05) is 18.2 Å². The molecule has 7 nitrogen and oxygen atoms in total. The van der Waals surface area contributed by atoms with Crippen molar-refractivity contribution in [1.82, 2.24) is 5.32 Å². The minimum atomic E-state index is -0.698. The van der Waals surface area contributed by atoms with Crippen molar-refractivity contribution in [3.63, 3.8) is 0 Å². The third-order valence-corrected chi connectivity index (χ3v) is 3.54. The first kappa shape index (κ1) is 16.7. The molecule has 0 fully saturated rings. The molecule has 7 heteroatoms. The molecule has 1 amide bonds. The number of para-hydroxylation sites is 1. The molecule has 0 radical (unpaired) electrons. The van der Waals surface area contributed by atoms with Crippen molar-refractivity contribution in [2.75, 3.05) is 0 Å². The van der Waals surface area contributed by atoms with E-state index in [4.69, 9.17) is 4.74 Å². The number of nitrogens with one attached hydrogen (secondary N) is 1. The lowest BCUT2D eigenvalue weighted by Crippen LogP contribution is -2.34. The van der Waals surface area contributed by atoms with Crippen LogP contribution in [0.1, 0.15) is 38.7 Å². The monoisotopic (exact) mass is 318 g/mol. The van der Waals surface area contributed by atoms with Gasteiger partial charge in [-0.25, -0.2) is 4.79 Å². The highest BCUT2D eigenvalue weighted by Crippen LogP contribution is 2.38. The van der Waals surface area contributed by atoms with E-state index in [9.17, 15) is 19.7 Å². The van der Waals surface area contributed by atoms with Crippen molar-refractivity contribution in [3.05, 3.63) is 51.2 Å². The predicted octanol–water partition coefficient (Wildman–Crippen LogP) is 2.42. The van der Waals surface area contributed by atoms with Gasteiger partial charge in [0.25, 0.3) is 5.69 Å². The number of ether oxygens (including phenoxy) is 1. The first-order valence-corrected chi connectivity index (χ1v) is 7.26. The quantitative estimate of drug-likeness (QED) is 0.522. The van der Waals surface area contributed by atoms with Crippen LogP contribution in [0, 0.1) is 10.1 Å². The minimum Gasteiger partial charge on any atom is -0.460 e. The summed E-state index contributed by atoms with van der Waals surface area (Å²) in [6.07, 6.45) is -0.364. The topological polar surface area (TPSA) is 98.5 Å². The number of amides is 1. The zero-order chi connectivity index (χ0) is 17.1. The Bertz CT molecular complexity index is 693. The lowest BCUT2D eigenvalue weighted by atomic mass is 9.83. The molecule has 0 aliphatic carbocycles. The number of nitro benzene ring substituents is 1. The van der Waals surface area contributed by atoms with Gasteiger partial charge in [0, 0.05) is 29.7 Å². The summed E-state index contributed by atoms with van der Waals surface area (Å²) >= 11 is 0. The summed E-state index contributed by atoms with van der Waals surface area (Å²) in [5.74, 6) is -1.55. The Morgan fingerprint density at radius 3 is 2.65 bits per heavy atom. The molecule has 0 spiro atoms. The summed E-state index contributed by atoms with van der Waals surface area (Å²) in [6.45, 7) is 5.03. The summed E-state index contributed by atoms with van der Waals surface area (Å²) in [7, 11) is 0. The van der Waals surface area contributed by atoms with Gasteiger partial charge in [-0.05, 0) is 20.8 Å². The zero-order valence-corrected chi connectivity index (χ0v) is 13.2. The Morgan fingerprint density at radius 1 is 1.39 bits per heavy atom. The van der Waals surface area contributed by atoms with E-state index in [1.807, 2.05) is 0 Å². The Morgan fingerprint density at radius 2 is 2.04 bits per heavy atom. The van der Waals surface area contributed by atoms with Crippen LogP contribution in [0.5, 0.6) is 0 Å². The number of carbonyl (C=O) groups excluding carboxylic acids is 2. The number of benzene rings is 1. The van der Waals surface area contributed by atoms with Crippen molar-refractivity contribution < 1.29 is 19.2 Å². The molecule has 23 heavy (non-hydrogen) atoms. The summed E-state index contributed by atoms with van der Waals surface area (Å²) in [5.41, 5.74) is 0.847. The number of rotatable bonds is 4. The van der Waals surface area contributed by atoms with Crippen LogP contribution < -0.4 is 5.32 Å². The second-order valence-corrected chi connectivity index (χ2v) is 5.61. The molecule has 1 aliphatic rings. The Balaban J connectivity index is 2.54. The standard InChI is InChI=1S/C16H18N2O5/c1-9(2)23-16(20)15-10(3)17-14(19)8-12(15)11-6-4-5-7-13(11)18(21)22/h4-7,9,12H,8H2,1-3H3,(H,17,19). The van der Waals surface area contributed by atoms with Crippen LogP contribution >= 0.6 is 0 Å². The first-order valence-electron chi connectivity index (χ1n) is 7.26. The summed E-state index contributed by atoms with van der Waals surface area (Å²) < 4.78 is 5.23. The first-order chi connectivity index (χ1) is 10.8. The SMILES string of the molecule is CC1=C(C(=O)OC(C)C)C(c2ccccc2[N+](=O)[O-])CC(=O)N1. The van der Waals surface area contributed by atoms with E-state index >= 15 is 0 Å². The fourth-order valence-electron chi connectivity index (χ4n) is 2.66. The second kappa shape index (κ2) is 6.60. The van der Waals surface area contributed by atoms with E-state index in [0.29, 0.717) is 11.3 Å². The number of nitro groups is 1. The van der Waals surface area contributed by atoms with Crippen LogP contribution in [0.3, 0.4) is 0 Å². The number of allylic oxidation sites excluding steroid dienone is 1. The molecular formula is C16H18N2O5. The van der Waals surface area contributed by atoms with Gasteiger partial charge in [-0.2, -0.15) is 0 Å². The molecule has 2 rings (SSSR count). The molecule has 1 N–H and O–H groups in total. The van der Waals surface area contributed by atoms with Crippen molar-refractivity contribution in [2.24, 2.45) is 0 Å². The van der Waals surface area contributed by atoms with E-state index in [1.54, 1.807) is 39.0 Å². The molecule has 1 aliphatic heterocycles. The number of esters is 1. The fraction of sp³-hybridized carbons (Fsp3) is 0.375. The van der Waals surface area contributed by atoms with Crippen LogP contribution in [0.15, 0.2) is 35.5 Å². The van der Waals surface area contributed by atoms with Gasteiger partial charge in [0.05, 0.1) is 16.6 Å². The molecule has 122 valence electrons. The largest absolute Gasteiger partial charge is 0.460 e. The molecule has 0 saturated heterocycles. The third-order valence-electron chi connectivity index (χ3n) is 3.54. The molecule has 1 aromatic carbocycles. The number of hydrogen-bond acceptors (Lipinski definition) is 5. The van der Waals surface area contributed by atoms with Crippen molar-refractivity contribution in [1.29, 1.82) is 0 Å². The van der Waals surface area contributed by atoms with E-state index < -0.39 is 16.8 Å².